The first-order chi connectivity index (χ1) is 6.34. The van der Waals surface area contributed by atoms with Crippen molar-refractivity contribution in [2.75, 3.05) is 4.05 Å². The summed E-state index contributed by atoms with van der Waals surface area (Å²) < 4.78 is 13.1. The van der Waals surface area contributed by atoms with Crippen LogP contribution in [0.25, 0.3) is 0 Å². The third-order valence-electron chi connectivity index (χ3n) is 1.94. The Morgan fingerprint density at radius 3 is 1.43 bits per heavy atom. The Bertz CT molecular complexity index is 150. The van der Waals surface area contributed by atoms with E-state index in [0.717, 1.165) is 4.05 Å². The van der Waals surface area contributed by atoms with Crippen molar-refractivity contribution in [3.8, 4) is 0 Å². The van der Waals surface area contributed by atoms with Crippen LogP contribution in [0.3, 0.4) is 0 Å². The second-order valence-corrected chi connectivity index (χ2v) is 10.2. The molecule has 0 aromatic rings. The quantitative estimate of drug-likeness (QED) is 0.420. The zero-order valence-electron chi connectivity index (χ0n) is 10.1. The third kappa shape index (κ3) is 4.59. The summed E-state index contributed by atoms with van der Waals surface area (Å²) in [6.07, 6.45) is 0.523. The fourth-order valence-corrected chi connectivity index (χ4v) is 7.67. The van der Waals surface area contributed by atoms with Crippen LogP contribution in [-0.4, -0.2) is 24.8 Å². The van der Waals surface area contributed by atoms with Crippen LogP contribution in [0.5, 0.6) is 0 Å². The molecule has 0 aromatic carbocycles. The molecule has 0 saturated heterocycles. The first-order valence-corrected chi connectivity index (χ1v) is 8.88. The predicted octanol–water partition coefficient (Wildman–Crippen LogP) is 3.66. The highest BCUT2D eigenvalue weighted by molar-refractivity contribution is 14.1. The zero-order valence-corrected chi connectivity index (χ0v) is 13.3. The van der Waals surface area contributed by atoms with Gasteiger partial charge in [-0.25, -0.2) is 0 Å². The standard InChI is InChI=1S/C10H23IO2Si/c1-8(2)12-14(7-11,10(5)6)13-9(3)4/h8-10H,7H2,1-6H3. The summed E-state index contributed by atoms with van der Waals surface area (Å²) in [7, 11) is -1.99. The molecule has 0 spiro atoms. The Morgan fingerprint density at radius 2 is 1.29 bits per heavy atom. The van der Waals surface area contributed by atoms with Crippen LogP contribution in [0.1, 0.15) is 41.5 Å². The van der Waals surface area contributed by atoms with E-state index in [-0.39, 0.29) is 12.2 Å². The minimum atomic E-state index is -1.99. The maximum Gasteiger partial charge on any atom is 0.351 e. The van der Waals surface area contributed by atoms with Crippen LogP contribution in [0, 0.1) is 0 Å². The van der Waals surface area contributed by atoms with Crippen molar-refractivity contribution in [1.82, 2.24) is 0 Å². The summed E-state index contributed by atoms with van der Waals surface area (Å²) in [6.45, 7) is 12.7. The van der Waals surface area contributed by atoms with E-state index >= 15 is 0 Å². The molecular formula is C10H23IO2Si. The lowest BCUT2D eigenvalue weighted by Gasteiger charge is -2.35. The van der Waals surface area contributed by atoms with Crippen molar-refractivity contribution >= 4 is 31.2 Å². The maximum absolute atomic E-state index is 6.07. The lowest BCUT2D eigenvalue weighted by molar-refractivity contribution is 0.104. The molecule has 0 unspecified atom stereocenters. The van der Waals surface area contributed by atoms with Gasteiger partial charge >= 0.3 is 8.56 Å². The first kappa shape index (κ1) is 14.9. The molecule has 0 N–H and O–H groups in total. The van der Waals surface area contributed by atoms with E-state index in [1.165, 1.54) is 0 Å². The molecule has 0 aliphatic carbocycles. The second kappa shape index (κ2) is 6.45. The average molecular weight is 330 g/mol. The number of hydrogen-bond donors (Lipinski definition) is 0. The molecule has 0 atom stereocenters. The lowest BCUT2D eigenvalue weighted by atomic mass is 10.5. The minimum Gasteiger partial charge on any atom is -0.391 e. The van der Waals surface area contributed by atoms with Gasteiger partial charge in [0.05, 0.1) is 0 Å². The molecule has 0 aliphatic rings. The molecule has 4 heteroatoms. The molecule has 86 valence electrons. The van der Waals surface area contributed by atoms with Crippen LogP contribution in [-0.2, 0) is 8.85 Å². The third-order valence-corrected chi connectivity index (χ3v) is 9.00. The minimum absolute atomic E-state index is 0.262. The van der Waals surface area contributed by atoms with Gasteiger partial charge in [0.25, 0.3) is 0 Å². The molecular weight excluding hydrogens is 307 g/mol. The lowest BCUT2D eigenvalue weighted by Crippen LogP contribution is -2.50. The van der Waals surface area contributed by atoms with Gasteiger partial charge in [0.15, 0.2) is 0 Å². The van der Waals surface area contributed by atoms with Crippen LogP contribution in [0.4, 0.5) is 0 Å². The summed E-state index contributed by atoms with van der Waals surface area (Å²) in [5, 5.41) is 0. The molecule has 14 heavy (non-hydrogen) atoms. The fraction of sp³-hybridized carbons (Fsp3) is 1.00. The van der Waals surface area contributed by atoms with E-state index < -0.39 is 8.56 Å². The van der Waals surface area contributed by atoms with Gasteiger partial charge in [0.1, 0.15) is 0 Å². The molecule has 0 aliphatic heterocycles. The highest BCUT2D eigenvalue weighted by atomic mass is 127. The predicted molar refractivity (Wildman–Crippen MR) is 72.2 cm³/mol. The Kier molecular flexibility index (Phi) is 6.85. The second-order valence-electron chi connectivity index (χ2n) is 4.43. The summed E-state index contributed by atoms with van der Waals surface area (Å²) >= 11 is 2.40. The summed E-state index contributed by atoms with van der Waals surface area (Å²) in [5.74, 6) is 0. The van der Waals surface area contributed by atoms with Crippen molar-refractivity contribution in [3.63, 3.8) is 0 Å². The highest BCUT2D eigenvalue weighted by Crippen LogP contribution is 2.28. The summed E-state index contributed by atoms with van der Waals surface area (Å²) in [6, 6.07) is 0. The van der Waals surface area contributed by atoms with Gasteiger partial charge in [-0.2, -0.15) is 0 Å². The monoisotopic (exact) mass is 330 g/mol. The van der Waals surface area contributed by atoms with E-state index in [1.807, 2.05) is 0 Å². The number of halogens is 1. The van der Waals surface area contributed by atoms with Crippen LogP contribution < -0.4 is 0 Å². The Morgan fingerprint density at radius 1 is 0.929 bits per heavy atom. The van der Waals surface area contributed by atoms with Crippen molar-refractivity contribution in [1.29, 1.82) is 0 Å². The highest BCUT2D eigenvalue weighted by Gasteiger charge is 2.42. The van der Waals surface area contributed by atoms with Crippen LogP contribution >= 0.6 is 22.6 Å². The van der Waals surface area contributed by atoms with E-state index in [2.05, 4.69) is 64.1 Å². The van der Waals surface area contributed by atoms with E-state index in [9.17, 15) is 0 Å². The van der Waals surface area contributed by atoms with Crippen LogP contribution in [0.2, 0.25) is 5.54 Å². The van der Waals surface area contributed by atoms with E-state index in [1.54, 1.807) is 0 Å². The molecule has 0 saturated carbocycles. The molecule has 0 fully saturated rings. The van der Waals surface area contributed by atoms with Crippen molar-refractivity contribution in [2.45, 2.75) is 59.3 Å². The van der Waals surface area contributed by atoms with Crippen LogP contribution in [0.15, 0.2) is 0 Å². The van der Waals surface area contributed by atoms with Crippen molar-refractivity contribution in [2.24, 2.45) is 0 Å². The molecule has 0 amide bonds. The largest absolute Gasteiger partial charge is 0.391 e. The van der Waals surface area contributed by atoms with Gasteiger partial charge < -0.3 is 8.85 Å². The van der Waals surface area contributed by atoms with Crippen molar-refractivity contribution < 1.29 is 8.85 Å². The van der Waals surface area contributed by atoms with Gasteiger partial charge in [0, 0.05) is 16.3 Å². The first-order valence-electron chi connectivity index (χ1n) is 5.25. The molecule has 0 rings (SSSR count). The molecule has 0 bridgehead atoms. The molecule has 0 heterocycles. The maximum atomic E-state index is 6.07. The Balaban J connectivity index is 4.60. The summed E-state index contributed by atoms with van der Waals surface area (Å²) in [5.41, 5.74) is 0.504. The van der Waals surface area contributed by atoms with Gasteiger partial charge in [0.2, 0.25) is 0 Å². The normalized spacial score (nSPS) is 13.3. The summed E-state index contributed by atoms with van der Waals surface area (Å²) in [4.78, 5) is 0. The van der Waals surface area contributed by atoms with Gasteiger partial charge in [-0.15, -0.1) is 0 Å². The fourth-order valence-electron chi connectivity index (χ4n) is 1.32. The topological polar surface area (TPSA) is 18.5 Å². The molecule has 0 aromatic heterocycles. The number of hydrogen-bond acceptors (Lipinski definition) is 2. The average Bonchev–Trinajstić information content (AvgIpc) is 2.00. The van der Waals surface area contributed by atoms with Gasteiger partial charge in [-0.05, 0) is 33.2 Å². The van der Waals surface area contributed by atoms with Crippen molar-refractivity contribution in [3.05, 3.63) is 0 Å². The Labute approximate surface area is 103 Å². The zero-order chi connectivity index (χ0) is 11.4. The smallest absolute Gasteiger partial charge is 0.351 e. The number of rotatable bonds is 6. The Hall–Kier alpha value is 0.867. The van der Waals surface area contributed by atoms with Gasteiger partial charge in [-0.1, -0.05) is 36.4 Å². The van der Waals surface area contributed by atoms with E-state index in [0.29, 0.717) is 5.54 Å². The molecule has 0 radical (unpaired) electrons. The van der Waals surface area contributed by atoms with Gasteiger partial charge in [-0.3, -0.25) is 0 Å². The number of alkyl halides is 1. The van der Waals surface area contributed by atoms with E-state index in [4.69, 9.17) is 8.85 Å². The molecule has 2 nitrogen and oxygen atoms in total. The SMILES string of the molecule is CC(C)O[Si](CI)(OC(C)C)C(C)C.